The van der Waals surface area contributed by atoms with E-state index in [9.17, 15) is 0 Å². The average molecular weight is 288 g/mol. The summed E-state index contributed by atoms with van der Waals surface area (Å²) in [5.41, 5.74) is 2.36. The lowest BCUT2D eigenvalue weighted by Gasteiger charge is -2.13. The summed E-state index contributed by atoms with van der Waals surface area (Å²) in [4.78, 5) is 7.19. The van der Waals surface area contributed by atoms with Crippen LogP contribution in [-0.4, -0.2) is 34.7 Å². The highest BCUT2D eigenvalue weighted by Gasteiger charge is 2.22. The molecule has 106 valence electrons. The Morgan fingerprint density at radius 1 is 1.30 bits per heavy atom. The third kappa shape index (κ3) is 3.26. The van der Waals surface area contributed by atoms with Gasteiger partial charge in [-0.3, -0.25) is 4.90 Å². The van der Waals surface area contributed by atoms with E-state index in [0.717, 1.165) is 31.1 Å². The number of rotatable bonds is 5. The van der Waals surface area contributed by atoms with Gasteiger partial charge in [-0.2, -0.15) is 0 Å². The first-order valence-corrected chi connectivity index (χ1v) is 8.06. The fourth-order valence-corrected chi connectivity index (χ4v) is 3.61. The summed E-state index contributed by atoms with van der Waals surface area (Å²) in [6, 6.07) is 10.3. The fourth-order valence-electron chi connectivity index (χ4n) is 2.80. The fraction of sp³-hybridized carbons (Fsp3) is 0.438. The monoisotopic (exact) mass is 288 g/mol. The molecule has 1 aromatic heterocycles. The Labute approximate surface area is 123 Å². The smallest absolute Gasteiger partial charge is 0.123 e. The van der Waals surface area contributed by atoms with Gasteiger partial charge in [0.25, 0.3) is 0 Å². The molecule has 0 aliphatic carbocycles. The number of likely N-dealkylation sites (tertiary alicyclic amines) is 1. The molecule has 2 heterocycles. The maximum Gasteiger partial charge on any atom is 0.123 e. The van der Waals surface area contributed by atoms with Crippen molar-refractivity contribution in [2.24, 2.45) is 5.92 Å². The lowest BCUT2D eigenvalue weighted by Crippen LogP contribution is -2.20. The molecule has 3 rings (SSSR count). The number of benzene rings is 1. The standard InChI is InChI=1S/C16H20N2OS/c19-9-7-13-6-8-18(10-13)11-15-12-20-16(17-15)14-4-2-1-3-5-14/h1-5,12-13,19H,6-11H2. The number of aliphatic hydroxyl groups is 1. The lowest BCUT2D eigenvalue weighted by atomic mass is 10.1. The SMILES string of the molecule is OCCC1CCN(Cc2csc(-c3ccccc3)n2)C1. The number of hydrogen-bond donors (Lipinski definition) is 1. The second-order valence-electron chi connectivity index (χ2n) is 5.41. The quantitative estimate of drug-likeness (QED) is 0.919. The summed E-state index contributed by atoms with van der Waals surface area (Å²) >= 11 is 1.72. The molecule has 0 amide bonds. The summed E-state index contributed by atoms with van der Waals surface area (Å²) in [5.74, 6) is 0.659. The van der Waals surface area contributed by atoms with Crippen LogP contribution in [0.2, 0.25) is 0 Å². The number of hydrogen-bond acceptors (Lipinski definition) is 4. The minimum Gasteiger partial charge on any atom is -0.396 e. The third-order valence-electron chi connectivity index (χ3n) is 3.87. The van der Waals surface area contributed by atoms with E-state index in [-0.39, 0.29) is 0 Å². The minimum atomic E-state index is 0.313. The van der Waals surface area contributed by atoms with Crippen LogP contribution in [-0.2, 0) is 6.54 Å². The van der Waals surface area contributed by atoms with Crippen LogP contribution >= 0.6 is 11.3 Å². The average Bonchev–Trinajstić information content (AvgIpc) is 3.11. The predicted molar refractivity (Wildman–Crippen MR) is 82.6 cm³/mol. The van der Waals surface area contributed by atoms with E-state index in [1.807, 2.05) is 6.07 Å². The van der Waals surface area contributed by atoms with Gasteiger partial charge in [0.05, 0.1) is 5.69 Å². The number of nitrogens with zero attached hydrogens (tertiary/aromatic N) is 2. The summed E-state index contributed by atoms with van der Waals surface area (Å²) in [6.45, 7) is 3.47. The van der Waals surface area contributed by atoms with Gasteiger partial charge in [0.15, 0.2) is 0 Å². The molecule has 3 nitrogen and oxygen atoms in total. The van der Waals surface area contributed by atoms with E-state index in [2.05, 4.69) is 34.5 Å². The van der Waals surface area contributed by atoms with Crippen molar-refractivity contribution in [2.45, 2.75) is 19.4 Å². The van der Waals surface area contributed by atoms with Gasteiger partial charge in [-0.05, 0) is 25.3 Å². The zero-order valence-corrected chi connectivity index (χ0v) is 12.4. The van der Waals surface area contributed by atoms with E-state index < -0.39 is 0 Å². The van der Waals surface area contributed by atoms with Gasteiger partial charge < -0.3 is 5.11 Å². The molecule has 0 saturated carbocycles. The van der Waals surface area contributed by atoms with Crippen molar-refractivity contribution in [3.05, 3.63) is 41.4 Å². The van der Waals surface area contributed by atoms with Crippen LogP contribution in [0.3, 0.4) is 0 Å². The first kappa shape index (κ1) is 13.7. The molecule has 1 fully saturated rings. The van der Waals surface area contributed by atoms with Gasteiger partial charge in [0.2, 0.25) is 0 Å². The van der Waals surface area contributed by atoms with Crippen LogP contribution in [0.25, 0.3) is 10.6 Å². The van der Waals surface area contributed by atoms with Crippen LogP contribution in [0.1, 0.15) is 18.5 Å². The van der Waals surface area contributed by atoms with Gasteiger partial charge in [-0.25, -0.2) is 4.98 Å². The maximum atomic E-state index is 9.00. The van der Waals surface area contributed by atoms with Crippen LogP contribution in [0.5, 0.6) is 0 Å². The van der Waals surface area contributed by atoms with Gasteiger partial charge in [0.1, 0.15) is 5.01 Å². The molecule has 1 unspecified atom stereocenters. The molecule has 1 N–H and O–H groups in total. The maximum absolute atomic E-state index is 9.00. The Kier molecular flexibility index (Phi) is 4.45. The van der Waals surface area contributed by atoms with E-state index in [0.29, 0.717) is 12.5 Å². The number of aliphatic hydroxyl groups excluding tert-OH is 1. The molecule has 2 aromatic rings. The van der Waals surface area contributed by atoms with Crippen molar-refractivity contribution in [1.29, 1.82) is 0 Å². The summed E-state index contributed by atoms with van der Waals surface area (Å²) in [7, 11) is 0. The Hall–Kier alpha value is -1.23. The van der Waals surface area contributed by atoms with E-state index in [1.54, 1.807) is 11.3 Å². The van der Waals surface area contributed by atoms with E-state index in [1.165, 1.54) is 17.7 Å². The van der Waals surface area contributed by atoms with Crippen LogP contribution in [0.15, 0.2) is 35.7 Å². The highest BCUT2D eigenvalue weighted by molar-refractivity contribution is 7.13. The summed E-state index contributed by atoms with van der Waals surface area (Å²) in [6.07, 6.45) is 2.14. The Balaban J connectivity index is 1.61. The lowest BCUT2D eigenvalue weighted by molar-refractivity contribution is 0.249. The molecule has 4 heteroatoms. The molecule has 0 radical (unpaired) electrons. The predicted octanol–water partition coefficient (Wildman–Crippen LogP) is 3.01. The van der Waals surface area contributed by atoms with Crippen LogP contribution < -0.4 is 0 Å². The van der Waals surface area contributed by atoms with Crippen molar-refractivity contribution in [3.8, 4) is 10.6 Å². The highest BCUT2D eigenvalue weighted by atomic mass is 32.1. The summed E-state index contributed by atoms with van der Waals surface area (Å²) < 4.78 is 0. The topological polar surface area (TPSA) is 36.4 Å². The Bertz CT molecular complexity index is 540. The van der Waals surface area contributed by atoms with Crippen molar-refractivity contribution in [1.82, 2.24) is 9.88 Å². The van der Waals surface area contributed by atoms with Crippen LogP contribution in [0, 0.1) is 5.92 Å². The van der Waals surface area contributed by atoms with Crippen molar-refractivity contribution >= 4 is 11.3 Å². The molecular weight excluding hydrogens is 268 g/mol. The Morgan fingerprint density at radius 3 is 2.95 bits per heavy atom. The van der Waals surface area contributed by atoms with Crippen molar-refractivity contribution in [2.75, 3.05) is 19.7 Å². The highest BCUT2D eigenvalue weighted by Crippen LogP contribution is 2.26. The first-order chi connectivity index (χ1) is 9.85. The van der Waals surface area contributed by atoms with Gasteiger partial charge in [-0.15, -0.1) is 11.3 Å². The summed E-state index contributed by atoms with van der Waals surface area (Å²) in [5, 5.41) is 12.3. The van der Waals surface area contributed by atoms with Crippen LogP contribution in [0.4, 0.5) is 0 Å². The van der Waals surface area contributed by atoms with Crippen molar-refractivity contribution in [3.63, 3.8) is 0 Å². The molecular formula is C16H20N2OS. The van der Waals surface area contributed by atoms with E-state index in [4.69, 9.17) is 10.1 Å². The molecule has 1 aromatic carbocycles. The number of aromatic nitrogens is 1. The molecule has 0 spiro atoms. The number of thiazole rings is 1. The minimum absolute atomic E-state index is 0.313. The second kappa shape index (κ2) is 6.48. The zero-order valence-electron chi connectivity index (χ0n) is 11.5. The molecule has 1 aliphatic rings. The first-order valence-electron chi connectivity index (χ1n) is 7.18. The normalized spacial score (nSPS) is 19.6. The third-order valence-corrected chi connectivity index (χ3v) is 4.81. The molecule has 1 atom stereocenters. The van der Waals surface area contributed by atoms with Gasteiger partial charge in [0, 0.05) is 30.6 Å². The zero-order chi connectivity index (χ0) is 13.8. The second-order valence-corrected chi connectivity index (χ2v) is 6.27. The molecule has 1 aliphatic heterocycles. The van der Waals surface area contributed by atoms with Gasteiger partial charge in [-0.1, -0.05) is 30.3 Å². The molecule has 20 heavy (non-hydrogen) atoms. The van der Waals surface area contributed by atoms with Gasteiger partial charge >= 0.3 is 0 Å². The Morgan fingerprint density at radius 2 is 2.15 bits per heavy atom. The van der Waals surface area contributed by atoms with Crippen molar-refractivity contribution < 1.29 is 5.11 Å². The molecule has 0 bridgehead atoms. The largest absolute Gasteiger partial charge is 0.396 e. The molecule has 1 saturated heterocycles. The van der Waals surface area contributed by atoms with E-state index >= 15 is 0 Å².